The van der Waals surface area contributed by atoms with Gasteiger partial charge in [0, 0.05) is 49.7 Å². The third kappa shape index (κ3) is 6.67. The topological polar surface area (TPSA) is 21.3 Å². The van der Waals surface area contributed by atoms with E-state index in [9.17, 15) is 0 Å². The fraction of sp³-hybridized carbons (Fsp3) is 0. The second-order valence-corrected chi connectivity index (χ2v) is 17.3. The molecule has 0 N–H and O–H groups in total. The van der Waals surface area contributed by atoms with E-state index in [0.717, 1.165) is 61.4 Å². The third-order valence-corrected chi connectivity index (χ3v) is 13.4. The van der Waals surface area contributed by atoms with Crippen LogP contribution in [-0.4, -0.2) is 4.57 Å². The molecule has 0 saturated carbocycles. The minimum Gasteiger partial charge on any atom is -0.456 e. The van der Waals surface area contributed by atoms with E-state index >= 15 is 0 Å². The summed E-state index contributed by atoms with van der Waals surface area (Å²) in [7, 11) is 0. The number of nitrogens with zero attached hydrogens (tertiary/aromatic N) is 2. The van der Waals surface area contributed by atoms with Crippen LogP contribution in [0, 0.1) is 0 Å². The van der Waals surface area contributed by atoms with Crippen LogP contribution in [0.3, 0.4) is 0 Å². The molecule has 3 heteroatoms. The van der Waals surface area contributed by atoms with E-state index in [1.807, 2.05) is 12.1 Å². The smallest absolute Gasteiger partial charge is 0.136 e. The van der Waals surface area contributed by atoms with Crippen LogP contribution < -0.4 is 4.90 Å². The lowest BCUT2D eigenvalue weighted by Gasteiger charge is -2.26. The second kappa shape index (κ2) is 16.0. The normalized spacial score (nSPS) is 11.6. The first kappa shape index (κ1) is 38.5. The van der Waals surface area contributed by atoms with Gasteiger partial charge in [0.1, 0.15) is 11.2 Å². The molecule has 0 bridgehead atoms. The Kier molecular flexibility index (Phi) is 9.17. The Bertz CT molecular complexity index is 3940. The van der Waals surface area contributed by atoms with Crippen LogP contribution in [0.5, 0.6) is 0 Å². The molecule has 2 aromatic heterocycles. The highest BCUT2D eigenvalue weighted by Gasteiger charge is 2.19. The zero-order chi connectivity index (χ0) is 44.3. The molecule has 314 valence electrons. The predicted molar refractivity (Wildman–Crippen MR) is 282 cm³/mol. The molecule has 0 aliphatic rings. The van der Waals surface area contributed by atoms with Gasteiger partial charge in [0.25, 0.3) is 0 Å². The molecule has 2 heterocycles. The molecule has 0 aliphatic heterocycles. The van der Waals surface area contributed by atoms with E-state index in [4.69, 9.17) is 4.42 Å². The number of aromatic nitrogens is 1. The molecule has 0 spiro atoms. The molecule has 0 amide bonds. The van der Waals surface area contributed by atoms with Crippen molar-refractivity contribution in [1.29, 1.82) is 0 Å². The molecule has 0 aliphatic carbocycles. The monoisotopic (exact) mass is 854 g/mol. The van der Waals surface area contributed by atoms with Crippen molar-refractivity contribution < 1.29 is 4.42 Å². The number of benzene rings is 11. The van der Waals surface area contributed by atoms with Crippen molar-refractivity contribution in [2.24, 2.45) is 0 Å². The summed E-state index contributed by atoms with van der Waals surface area (Å²) in [6.45, 7) is 0. The Morgan fingerprint density at radius 3 is 1.52 bits per heavy atom. The summed E-state index contributed by atoms with van der Waals surface area (Å²) in [6.07, 6.45) is 0. The van der Waals surface area contributed by atoms with Gasteiger partial charge in [-0.05, 0) is 123 Å². The zero-order valence-corrected chi connectivity index (χ0v) is 36.6. The van der Waals surface area contributed by atoms with Crippen LogP contribution in [0.4, 0.5) is 17.1 Å². The van der Waals surface area contributed by atoms with Gasteiger partial charge in [-0.2, -0.15) is 0 Å². The Morgan fingerprint density at radius 2 is 0.821 bits per heavy atom. The number of anilines is 3. The highest BCUT2D eigenvalue weighted by Crippen LogP contribution is 2.42. The molecule has 3 nitrogen and oxygen atoms in total. The lowest BCUT2D eigenvalue weighted by atomic mass is 9.98. The Balaban J connectivity index is 0.905. The summed E-state index contributed by atoms with van der Waals surface area (Å²) >= 11 is 0. The van der Waals surface area contributed by atoms with Crippen molar-refractivity contribution in [3.05, 3.63) is 255 Å². The van der Waals surface area contributed by atoms with Gasteiger partial charge in [0.15, 0.2) is 0 Å². The number of para-hydroxylation sites is 2. The van der Waals surface area contributed by atoms with E-state index in [1.165, 1.54) is 60.4 Å². The predicted octanol–water partition coefficient (Wildman–Crippen LogP) is 18.0. The molecule has 67 heavy (non-hydrogen) atoms. The second-order valence-electron chi connectivity index (χ2n) is 17.3. The van der Waals surface area contributed by atoms with Crippen LogP contribution in [0.1, 0.15) is 0 Å². The minimum absolute atomic E-state index is 0.896. The average molecular weight is 855 g/mol. The summed E-state index contributed by atoms with van der Waals surface area (Å²) < 4.78 is 8.71. The van der Waals surface area contributed by atoms with Gasteiger partial charge < -0.3 is 13.9 Å². The number of fused-ring (bicyclic) bond motifs is 8. The molecular formula is C64H42N2O. The van der Waals surface area contributed by atoms with Crippen molar-refractivity contribution in [2.75, 3.05) is 4.90 Å². The molecule has 0 unspecified atom stereocenters. The number of rotatable bonds is 8. The van der Waals surface area contributed by atoms with Crippen molar-refractivity contribution in [3.63, 3.8) is 0 Å². The fourth-order valence-corrected chi connectivity index (χ4v) is 10.2. The van der Waals surface area contributed by atoms with E-state index in [0.29, 0.717) is 0 Å². The average Bonchev–Trinajstić information content (AvgIpc) is 3.96. The molecule has 0 atom stereocenters. The lowest BCUT2D eigenvalue weighted by molar-refractivity contribution is 0.669. The standard InChI is InChI=1S/C64H42N2O/c1-3-13-43(14-4-1)48-16-11-17-49(41-48)44-25-33-52(34-26-44)65(54-37-29-47(30-38-54)55-22-12-24-62-63(55)59-21-9-10-23-61(59)67-62)53-35-27-45(28-36-53)50-32-39-57-58-40-31-46-15-7-8-20-56(46)64(58)66(60(57)42-50)51-18-5-2-6-19-51/h1-42H. The Morgan fingerprint density at radius 1 is 0.313 bits per heavy atom. The van der Waals surface area contributed by atoms with Crippen molar-refractivity contribution >= 4 is 71.6 Å². The van der Waals surface area contributed by atoms with Crippen LogP contribution in [0.15, 0.2) is 259 Å². The van der Waals surface area contributed by atoms with E-state index in [1.54, 1.807) is 0 Å². The Labute approximate surface area is 388 Å². The fourth-order valence-electron chi connectivity index (χ4n) is 10.2. The maximum atomic E-state index is 6.27. The van der Waals surface area contributed by atoms with Crippen LogP contribution >= 0.6 is 0 Å². The van der Waals surface area contributed by atoms with Gasteiger partial charge >= 0.3 is 0 Å². The van der Waals surface area contributed by atoms with Crippen LogP contribution in [-0.2, 0) is 0 Å². The molecule has 0 saturated heterocycles. The van der Waals surface area contributed by atoms with Gasteiger partial charge in [-0.3, -0.25) is 0 Å². The highest BCUT2D eigenvalue weighted by molar-refractivity contribution is 6.19. The molecule has 13 rings (SSSR count). The van der Waals surface area contributed by atoms with Crippen molar-refractivity contribution in [2.45, 2.75) is 0 Å². The summed E-state index contributed by atoms with van der Waals surface area (Å²) in [5.74, 6) is 0. The number of hydrogen-bond donors (Lipinski definition) is 0. The summed E-state index contributed by atoms with van der Waals surface area (Å²) in [5.41, 5.74) is 18.0. The number of hydrogen-bond acceptors (Lipinski definition) is 2. The minimum atomic E-state index is 0.896. The largest absolute Gasteiger partial charge is 0.456 e. The van der Waals surface area contributed by atoms with Gasteiger partial charge in [-0.1, -0.05) is 182 Å². The van der Waals surface area contributed by atoms with E-state index in [2.05, 4.69) is 252 Å². The first-order chi connectivity index (χ1) is 33.2. The maximum Gasteiger partial charge on any atom is 0.136 e. The first-order valence-corrected chi connectivity index (χ1v) is 22.9. The summed E-state index contributed by atoms with van der Waals surface area (Å²) in [6, 6.07) is 91.9. The third-order valence-electron chi connectivity index (χ3n) is 13.4. The summed E-state index contributed by atoms with van der Waals surface area (Å²) in [5, 5.41) is 7.25. The summed E-state index contributed by atoms with van der Waals surface area (Å²) in [4.78, 5) is 2.35. The molecule has 0 fully saturated rings. The van der Waals surface area contributed by atoms with Gasteiger partial charge in [0.05, 0.1) is 11.0 Å². The molecule has 11 aromatic carbocycles. The highest BCUT2D eigenvalue weighted by atomic mass is 16.3. The first-order valence-electron chi connectivity index (χ1n) is 22.9. The quantitative estimate of drug-likeness (QED) is 0.152. The van der Waals surface area contributed by atoms with E-state index < -0.39 is 0 Å². The number of furan rings is 1. The van der Waals surface area contributed by atoms with Gasteiger partial charge in [0.2, 0.25) is 0 Å². The molecule has 0 radical (unpaired) electrons. The van der Waals surface area contributed by atoms with E-state index in [-0.39, 0.29) is 0 Å². The molecular weight excluding hydrogens is 813 g/mol. The lowest BCUT2D eigenvalue weighted by Crippen LogP contribution is -2.09. The van der Waals surface area contributed by atoms with Crippen LogP contribution in [0.2, 0.25) is 0 Å². The van der Waals surface area contributed by atoms with Crippen molar-refractivity contribution in [1.82, 2.24) is 4.57 Å². The SMILES string of the molecule is c1ccc(-c2cccc(-c3ccc(N(c4ccc(-c5ccc6c7ccc8ccccc8c7n(-c7ccccc7)c6c5)cc4)c4ccc(-c5cccc6oc7ccccc7c56)cc4)cc3)c2)cc1. The van der Waals surface area contributed by atoms with Crippen molar-refractivity contribution in [3.8, 4) is 50.2 Å². The van der Waals surface area contributed by atoms with Gasteiger partial charge in [-0.15, -0.1) is 0 Å². The molecule has 13 aromatic rings. The zero-order valence-electron chi connectivity index (χ0n) is 36.6. The Hall–Kier alpha value is -8.92. The van der Waals surface area contributed by atoms with Crippen LogP contribution in [0.25, 0.3) is 105 Å². The van der Waals surface area contributed by atoms with Gasteiger partial charge in [-0.25, -0.2) is 0 Å². The maximum absolute atomic E-state index is 6.27.